The van der Waals surface area contributed by atoms with Crippen LogP contribution in [-0.4, -0.2) is 54.2 Å². The van der Waals surface area contributed by atoms with E-state index in [1.54, 1.807) is 24.3 Å². The molecule has 196 valence electrons. The number of hydrogen-bond donors (Lipinski definition) is 3. The van der Waals surface area contributed by atoms with Crippen LogP contribution >= 0.6 is 46.4 Å². The molecule has 0 spiro atoms. The van der Waals surface area contributed by atoms with E-state index in [1.165, 1.54) is 12.3 Å². The van der Waals surface area contributed by atoms with Crippen molar-refractivity contribution in [3.8, 4) is 0 Å². The molecular formula is C25H25Cl4N5O3. The Hall–Kier alpha value is -2.49. The van der Waals surface area contributed by atoms with Gasteiger partial charge in [0.25, 0.3) is 5.91 Å². The average molecular weight is 585 g/mol. The first-order chi connectivity index (χ1) is 17.8. The van der Waals surface area contributed by atoms with Gasteiger partial charge in [0.05, 0.1) is 16.2 Å². The first kappa shape index (κ1) is 27.5. The smallest absolute Gasteiger partial charge is 0.319 e. The van der Waals surface area contributed by atoms with Crippen molar-refractivity contribution in [2.24, 2.45) is 0 Å². The fourth-order valence-corrected chi connectivity index (χ4v) is 5.08. The molecule has 1 fully saturated rings. The van der Waals surface area contributed by atoms with Crippen molar-refractivity contribution in [2.75, 3.05) is 31.5 Å². The summed E-state index contributed by atoms with van der Waals surface area (Å²) in [5.41, 5.74) is 1.46. The van der Waals surface area contributed by atoms with Gasteiger partial charge in [-0.2, -0.15) is 0 Å². The molecule has 3 aromatic rings. The lowest BCUT2D eigenvalue weighted by Crippen LogP contribution is -2.37. The van der Waals surface area contributed by atoms with Crippen LogP contribution in [0.2, 0.25) is 20.1 Å². The maximum absolute atomic E-state index is 12.6. The summed E-state index contributed by atoms with van der Waals surface area (Å²) in [6.45, 7) is 2.71. The lowest BCUT2D eigenvalue weighted by Gasteiger charge is -2.23. The molecule has 0 bridgehead atoms. The third kappa shape index (κ3) is 7.99. The summed E-state index contributed by atoms with van der Waals surface area (Å²) in [6, 6.07) is 11.5. The Kier molecular flexibility index (Phi) is 9.56. The average Bonchev–Trinajstić information content (AvgIpc) is 3.53. The summed E-state index contributed by atoms with van der Waals surface area (Å²) < 4.78 is 4.93. The molecule has 2 aromatic carbocycles. The van der Waals surface area contributed by atoms with Gasteiger partial charge in [-0.3, -0.25) is 4.79 Å². The number of nitrogens with zero attached hydrogens (tertiary/aromatic N) is 2. The molecule has 3 amide bonds. The van der Waals surface area contributed by atoms with Crippen molar-refractivity contribution < 1.29 is 14.1 Å². The summed E-state index contributed by atoms with van der Waals surface area (Å²) in [5, 5.41) is 14.0. The molecular weight excluding hydrogens is 560 g/mol. The number of amides is 3. The predicted octanol–water partition coefficient (Wildman–Crippen LogP) is 6.09. The summed E-state index contributed by atoms with van der Waals surface area (Å²) in [6.07, 6.45) is 3.03. The third-order valence-corrected chi connectivity index (χ3v) is 7.28. The fraction of sp³-hybridized carbons (Fsp3) is 0.320. The first-order valence-corrected chi connectivity index (χ1v) is 13.2. The van der Waals surface area contributed by atoms with E-state index in [0.717, 1.165) is 38.0 Å². The normalized spacial score (nSPS) is 16.4. The number of hydrogen-bond acceptors (Lipinski definition) is 5. The molecule has 0 radical (unpaired) electrons. The topological polar surface area (TPSA) is 99.5 Å². The second-order valence-corrected chi connectivity index (χ2v) is 10.5. The molecule has 2 unspecified atom stereocenters. The SMILES string of the molecule is O=C(NCC(CCN1CCC(NC(=O)c2ccno2)C1)c1ccc(Cl)c(Cl)c1)Nc1cc(Cl)cc(Cl)c1. The van der Waals surface area contributed by atoms with Crippen LogP contribution in [0.3, 0.4) is 0 Å². The molecule has 2 atom stereocenters. The number of benzene rings is 2. The van der Waals surface area contributed by atoms with Crippen LogP contribution in [0.1, 0.15) is 34.9 Å². The molecule has 0 aliphatic carbocycles. The first-order valence-electron chi connectivity index (χ1n) is 11.7. The number of nitrogens with one attached hydrogen (secondary N) is 3. The molecule has 1 saturated heterocycles. The largest absolute Gasteiger partial charge is 0.351 e. The van der Waals surface area contributed by atoms with Gasteiger partial charge in [-0.25, -0.2) is 4.79 Å². The Morgan fingerprint density at radius 3 is 2.54 bits per heavy atom. The number of aromatic nitrogens is 1. The molecule has 0 saturated carbocycles. The molecule has 8 nitrogen and oxygen atoms in total. The third-order valence-electron chi connectivity index (χ3n) is 6.11. The number of rotatable bonds is 9. The van der Waals surface area contributed by atoms with Gasteiger partial charge >= 0.3 is 6.03 Å². The Morgan fingerprint density at radius 1 is 1.05 bits per heavy atom. The number of likely N-dealkylation sites (tertiary alicyclic amines) is 1. The molecule has 1 aliphatic rings. The van der Waals surface area contributed by atoms with Crippen molar-refractivity contribution in [1.29, 1.82) is 0 Å². The molecule has 37 heavy (non-hydrogen) atoms. The lowest BCUT2D eigenvalue weighted by molar-refractivity contribution is 0.0900. The zero-order valence-corrected chi connectivity index (χ0v) is 22.7. The van der Waals surface area contributed by atoms with Crippen molar-refractivity contribution >= 4 is 64.0 Å². The van der Waals surface area contributed by atoms with Gasteiger partial charge in [0.15, 0.2) is 0 Å². The van der Waals surface area contributed by atoms with Crippen LogP contribution in [0.4, 0.5) is 10.5 Å². The van der Waals surface area contributed by atoms with E-state index < -0.39 is 0 Å². The summed E-state index contributed by atoms with van der Waals surface area (Å²) in [4.78, 5) is 27.1. The monoisotopic (exact) mass is 583 g/mol. The zero-order valence-electron chi connectivity index (χ0n) is 19.6. The fourth-order valence-electron chi connectivity index (χ4n) is 4.25. The Morgan fingerprint density at radius 2 is 1.84 bits per heavy atom. The summed E-state index contributed by atoms with van der Waals surface area (Å²) in [5.74, 6) is -0.0944. The number of urea groups is 1. The quantitative estimate of drug-likeness (QED) is 0.283. The van der Waals surface area contributed by atoms with Gasteiger partial charge in [-0.15, -0.1) is 0 Å². The summed E-state index contributed by atoms with van der Waals surface area (Å²) >= 11 is 24.4. The number of halogens is 4. The second-order valence-electron chi connectivity index (χ2n) is 8.79. The van der Waals surface area contributed by atoms with Crippen molar-refractivity contribution in [3.63, 3.8) is 0 Å². The predicted molar refractivity (Wildman–Crippen MR) is 146 cm³/mol. The zero-order chi connectivity index (χ0) is 26.4. The lowest BCUT2D eigenvalue weighted by atomic mass is 9.95. The molecule has 3 N–H and O–H groups in total. The van der Waals surface area contributed by atoms with Crippen LogP contribution in [0.5, 0.6) is 0 Å². The highest BCUT2D eigenvalue weighted by Gasteiger charge is 2.26. The second kappa shape index (κ2) is 12.8. The van der Waals surface area contributed by atoms with Crippen LogP contribution in [0.25, 0.3) is 0 Å². The van der Waals surface area contributed by atoms with Gasteiger partial charge in [0.2, 0.25) is 5.76 Å². The van der Waals surface area contributed by atoms with Gasteiger partial charge in [-0.1, -0.05) is 57.6 Å². The van der Waals surface area contributed by atoms with E-state index in [-0.39, 0.29) is 29.7 Å². The van der Waals surface area contributed by atoms with Crippen LogP contribution in [0.15, 0.2) is 53.2 Å². The van der Waals surface area contributed by atoms with E-state index in [2.05, 4.69) is 26.0 Å². The minimum absolute atomic E-state index is 0.0219. The maximum Gasteiger partial charge on any atom is 0.319 e. The summed E-state index contributed by atoms with van der Waals surface area (Å²) in [7, 11) is 0. The Bertz CT molecular complexity index is 1220. The Labute approximate surface area is 234 Å². The van der Waals surface area contributed by atoms with Gasteiger partial charge in [0.1, 0.15) is 0 Å². The standard InChI is InChI=1S/C25H25Cl4N5O3/c26-17-10-18(27)12-20(11-17)33-25(36)30-13-16(15-1-2-21(28)22(29)9-15)4-7-34-8-5-19(14-34)32-24(35)23-3-6-31-37-23/h1-3,6,9-12,16,19H,4-5,7-8,13-14H2,(H,32,35)(H2,30,33,36). The number of carbonyl (C=O) groups excluding carboxylic acids is 2. The molecule has 4 rings (SSSR count). The van der Waals surface area contributed by atoms with E-state index in [9.17, 15) is 9.59 Å². The van der Waals surface area contributed by atoms with Crippen molar-refractivity contribution in [3.05, 3.63) is 80.1 Å². The molecule has 12 heteroatoms. The molecule has 1 aliphatic heterocycles. The van der Waals surface area contributed by atoms with E-state index in [0.29, 0.717) is 32.3 Å². The van der Waals surface area contributed by atoms with Gasteiger partial charge in [0, 0.05) is 53.4 Å². The van der Waals surface area contributed by atoms with Gasteiger partial charge in [-0.05, 0) is 55.3 Å². The van der Waals surface area contributed by atoms with Crippen molar-refractivity contribution in [2.45, 2.75) is 24.8 Å². The molecule has 1 aromatic heterocycles. The molecule has 2 heterocycles. The highest BCUT2D eigenvalue weighted by molar-refractivity contribution is 6.42. The number of carbonyl (C=O) groups is 2. The van der Waals surface area contributed by atoms with Crippen LogP contribution < -0.4 is 16.0 Å². The highest BCUT2D eigenvalue weighted by Crippen LogP contribution is 2.29. The van der Waals surface area contributed by atoms with Gasteiger partial charge < -0.3 is 25.4 Å². The van der Waals surface area contributed by atoms with E-state index in [1.807, 2.05) is 12.1 Å². The minimum Gasteiger partial charge on any atom is -0.351 e. The Balaban J connectivity index is 1.34. The maximum atomic E-state index is 12.6. The van der Waals surface area contributed by atoms with Crippen LogP contribution in [-0.2, 0) is 0 Å². The number of anilines is 1. The minimum atomic E-state index is -0.375. The van der Waals surface area contributed by atoms with Crippen LogP contribution in [0, 0.1) is 0 Å². The van der Waals surface area contributed by atoms with E-state index in [4.69, 9.17) is 50.9 Å². The van der Waals surface area contributed by atoms with E-state index >= 15 is 0 Å². The highest BCUT2D eigenvalue weighted by atomic mass is 35.5. The van der Waals surface area contributed by atoms with Crippen molar-refractivity contribution in [1.82, 2.24) is 20.7 Å².